The van der Waals surface area contributed by atoms with Crippen LogP contribution >= 0.6 is 0 Å². The average Bonchev–Trinajstić information content (AvgIpc) is 3.18. The highest BCUT2D eigenvalue weighted by molar-refractivity contribution is 5.95. The average molecular weight is 391 g/mol. The number of alkyl halides is 3. The molecule has 3 rings (SSSR count). The van der Waals surface area contributed by atoms with E-state index in [-0.39, 0.29) is 17.9 Å². The monoisotopic (exact) mass is 391 g/mol. The molecule has 0 radical (unpaired) electrons. The number of anilines is 1. The Kier molecular flexibility index (Phi) is 5.58. The van der Waals surface area contributed by atoms with Gasteiger partial charge in [-0.3, -0.25) is 4.79 Å². The van der Waals surface area contributed by atoms with Crippen molar-refractivity contribution in [1.29, 1.82) is 0 Å². The molecule has 5 nitrogen and oxygen atoms in total. The van der Waals surface area contributed by atoms with E-state index in [1.807, 2.05) is 0 Å². The van der Waals surface area contributed by atoms with E-state index in [4.69, 9.17) is 0 Å². The largest absolute Gasteiger partial charge is 0.416 e. The van der Waals surface area contributed by atoms with Crippen LogP contribution in [-0.4, -0.2) is 37.0 Å². The van der Waals surface area contributed by atoms with Gasteiger partial charge in [-0.1, -0.05) is 12.1 Å². The van der Waals surface area contributed by atoms with Gasteiger partial charge in [0.05, 0.1) is 5.56 Å². The Morgan fingerprint density at radius 1 is 1.04 bits per heavy atom. The molecule has 0 spiro atoms. The lowest BCUT2D eigenvalue weighted by Gasteiger charge is -2.18. The molecule has 0 bridgehead atoms. The van der Waals surface area contributed by atoms with E-state index in [0.717, 1.165) is 17.7 Å². The summed E-state index contributed by atoms with van der Waals surface area (Å²) in [5.41, 5.74) is 1.17. The Labute approximate surface area is 160 Å². The second kappa shape index (κ2) is 7.92. The SMILES string of the molecule is CNC(=O)c1ccc(NC(=O)N2CCC(c3ccc(C(F)(F)F)cc3)C2)cc1. The number of benzene rings is 2. The van der Waals surface area contributed by atoms with Crippen LogP contribution in [0.25, 0.3) is 0 Å². The predicted molar refractivity (Wildman–Crippen MR) is 99.2 cm³/mol. The second-order valence-electron chi connectivity index (χ2n) is 6.64. The van der Waals surface area contributed by atoms with Crippen LogP contribution < -0.4 is 10.6 Å². The van der Waals surface area contributed by atoms with Crippen LogP contribution in [0.3, 0.4) is 0 Å². The van der Waals surface area contributed by atoms with Gasteiger partial charge in [0.1, 0.15) is 0 Å². The van der Waals surface area contributed by atoms with Crippen LogP contribution in [-0.2, 0) is 6.18 Å². The normalized spacial score (nSPS) is 16.7. The van der Waals surface area contributed by atoms with E-state index in [9.17, 15) is 22.8 Å². The zero-order valence-electron chi connectivity index (χ0n) is 15.2. The Morgan fingerprint density at radius 2 is 1.68 bits per heavy atom. The van der Waals surface area contributed by atoms with Gasteiger partial charge in [0.2, 0.25) is 0 Å². The number of rotatable bonds is 3. The predicted octanol–water partition coefficient (Wildman–Crippen LogP) is 4.09. The third-order valence-electron chi connectivity index (χ3n) is 4.81. The molecule has 1 saturated heterocycles. The molecule has 1 aliphatic rings. The number of urea groups is 1. The first kappa shape index (κ1) is 19.7. The quantitative estimate of drug-likeness (QED) is 0.828. The molecule has 2 aromatic rings. The standard InChI is InChI=1S/C20H20F3N3O2/c1-24-18(27)14-4-8-17(9-5-14)25-19(28)26-11-10-15(12-26)13-2-6-16(7-3-13)20(21,22)23/h2-9,15H,10-12H2,1H3,(H,24,27)(H,25,28). The topological polar surface area (TPSA) is 61.4 Å². The summed E-state index contributed by atoms with van der Waals surface area (Å²) in [6.45, 7) is 0.960. The zero-order chi connectivity index (χ0) is 20.3. The van der Waals surface area contributed by atoms with Crippen molar-refractivity contribution in [2.24, 2.45) is 0 Å². The first-order valence-electron chi connectivity index (χ1n) is 8.83. The lowest BCUT2D eigenvalue weighted by atomic mass is 9.97. The maximum absolute atomic E-state index is 12.7. The Hall–Kier alpha value is -3.03. The summed E-state index contributed by atoms with van der Waals surface area (Å²) in [5.74, 6) is -0.208. The highest BCUT2D eigenvalue weighted by Crippen LogP contribution is 2.32. The van der Waals surface area contributed by atoms with Gasteiger partial charge in [-0.25, -0.2) is 4.79 Å². The number of halogens is 3. The number of carbonyl (C=O) groups excluding carboxylic acids is 2. The lowest BCUT2D eigenvalue weighted by Crippen LogP contribution is -2.32. The maximum atomic E-state index is 12.7. The second-order valence-corrected chi connectivity index (χ2v) is 6.64. The number of hydrogen-bond donors (Lipinski definition) is 2. The lowest BCUT2D eigenvalue weighted by molar-refractivity contribution is -0.137. The number of nitrogens with one attached hydrogen (secondary N) is 2. The number of amides is 3. The fourth-order valence-corrected chi connectivity index (χ4v) is 3.21. The van der Waals surface area contributed by atoms with Gasteiger partial charge in [-0.05, 0) is 48.4 Å². The molecule has 1 fully saturated rings. The number of hydrogen-bond acceptors (Lipinski definition) is 2. The highest BCUT2D eigenvalue weighted by Gasteiger charge is 2.31. The fraction of sp³-hybridized carbons (Fsp3) is 0.300. The third kappa shape index (κ3) is 4.44. The van der Waals surface area contributed by atoms with E-state index in [1.54, 1.807) is 36.2 Å². The van der Waals surface area contributed by atoms with Crippen molar-refractivity contribution < 1.29 is 22.8 Å². The fourth-order valence-electron chi connectivity index (χ4n) is 3.21. The molecule has 148 valence electrons. The summed E-state index contributed by atoms with van der Waals surface area (Å²) in [4.78, 5) is 25.6. The minimum atomic E-state index is -4.35. The molecule has 1 unspecified atom stereocenters. The molecule has 1 heterocycles. The Bertz CT molecular complexity index is 848. The van der Waals surface area contributed by atoms with Crippen molar-refractivity contribution in [3.05, 3.63) is 65.2 Å². The smallest absolute Gasteiger partial charge is 0.355 e. The van der Waals surface area contributed by atoms with Crippen LogP contribution in [0.1, 0.15) is 33.8 Å². The van der Waals surface area contributed by atoms with Crippen molar-refractivity contribution >= 4 is 17.6 Å². The molecule has 2 N–H and O–H groups in total. The van der Waals surface area contributed by atoms with Crippen LogP contribution in [0.2, 0.25) is 0 Å². The number of likely N-dealkylation sites (tertiary alicyclic amines) is 1. The molecule has 1 aliphatic heterocycles. The van der Waals surface area contributed by atoms with Gasteiger partial charge in [0.25, 0.3) is 5.91 Å². The van der Waals surface area contributed by atoms with Crippen LogP contribution in [0.5, 0.6) is 0 Å². The van der Waals surface area contributed by atoms with Gasteiger partial charge in [0.15, 0.2) is 0 Å². The molecule has 3 amide bonds. The molecule has 0 aliphatic carbocycles. The summed E-state index contributed by atoms with van der Waals surface area (Å²) >= 11 is 0. The minimum Gasteiger partial charge on any atom is -0.355 e. The van der Waals surface area contributed by atoms with Gasteiger partial charge in [-0.2, -0.15) is 13.2 Å². The van der Waals surface area contributed by atoms with E-state index < -0.39 is 11.7 Å². The number of carbonyl (C=O) groups is 2. The summed E-state index contributed by atoms with van der Waals surface area (Å²) in [6.07, 6.45) is -3.66. The van der Waals surface area contributed by atoms with Crippen LogP contribution in [0.4, 0.5) is 23.7 Å². The summed E-state index contributed by atoms with van der Waals surface area (Å²) < 4.78 is 38.0. The molecule has 1 atom stereocenters. The molecule has 0 saturated carbocycles. The van der Waals surface area contributed by atoms with E-state index in [2.05, 4.69) is 10.6 Å². The summed E-state index contributed by atoms with van der Waals surface area (Å²) in [5, 5.41) is 5.30. The van der Waals surface area contributed by atoms with Crippen molar-refractivity contribution in [3.8, 4) is 0 Å². The minimum absolute atomic E-state index is 0.00339. The van der Waals surface area contributed by atoms with Gasteiger partial charge < -0.3 is 15.5 Å². The van der Waals surface area contributed by atoms with Gasteiger partial charge in [0, 0.05) is 37.3 Å². The molecule has 2 aromatic carbocycles. The summed E-state index contributed by atoms with van der Waals surface area (Å²) in [6, 6.07) is 11.4. The molecule has 0 aromatic heterocycles. The zero-order valence-corrected chi connectivity index (χ0v) is 15.2. The molecule has 8 heteroatoms. The first-order valence-corrected chi connectivity index (χ1v) is 8.83. The first-order chi connectivity index (χ1) is 13.3. The summed E-state index contributed by atoms with van der Waals surface area (Å²) in [7, 11) is 1.54. The Balaban J connectivity index is 1.59. The molecular weight excluding hydrogens is 371 g/mol. The van der Waals surface area contributed by atoms with E-state index in [0.29, 0.717) is 30.8 Å². The van der Waals surface area contributed by atoms with Crippen molar-refractivity contribution in [3.63, 3.8) is 0 Å². The van der Waals surface area contributed by atoms with Crippen molar-refractivity contribution in [1.82, 2.24) is 10.2 Å². The van der Waals surface area contributed by atoms with Crippen LogP contribution in [0.15, 0.2) is 48.5 Å². The van der Waals surface area contributed by atoms with Crippen LogP contribution in [0, 0.1) is 0 Å². The molecule has 28 heavy (non-hydrogen) atoms. The van der Waals surface area contributed by atoms with E-state index in [1.165, 1.54) is 12.1 Å². The highest BCUT2D eigenvalue weighted by atomic mass is 19.4. The van der Waals surface area contributed by atoms with Crippen molar-refractivity contribution in [2.75, 3.05) is 25.5 Å². The van der Waals surface area contributed by atoms with Gasteiger partial charge in [-0.15, -0.1) is 0 Å². The van der Waals surface area contributed by atoms with Crippen molar-refractivity contribution in [2.45, 2.75) is 18.5 Å². The number of nitrogens with zero attached hydrogens (tertiary/aromatic N) is 1. The van der Waals surface area contributed by atoms with Gasteiger partial charge >= 0.3 is 12.2 Å². The maximum Gasteiger partial charge on any atom is 0.416 e. The van der Waals surface area contributed by atoms with E-state index >= 15 is 0 Å². The molecular formula is C20H20F3N3O2. The third-order valence-corrected chi connectivity index (χ3v) is 4.81. The Morgan fingerprint density at radius 3 is 2.25 bits per heavy atom.